The number of aryl methyl sites for hydroxylation is 2. The fourth-order valence-electron chi connectivity index (χ4n) is 3.25. The molecule has 0 unspecified atom stereocenters. The number of methoxy groups -OCH3 is 1. The highest BCUT2D eigenvalue weighted by molar-refractivity contribution is 6.95. The third-order valence-corrected chi connectivity index (χ3v) is 4.78. The van der Waals surface area contributed by atoms with E-state index in [9.17, 15) is 22.0 Å². The molecular weight excluding hydrogens is 393 g/mol. The van der Waals surface area contributed by atoms with Crippen molar-refractivity contribution in [2.45, 2.75) is 13.8 Å². The molecule has 3 aromatic carbocycles. The minimum absolute atomic E-state index is 0.00523. The predicted octanol–water partition coefficient (Wildman–Crippen LogP) is 3.66. The van der Waals surface area contributed by atoms with E-state index in [0.717, 1.165) is 31.4 Å². The van der Waals surface area contributed by atoms with Gasteiger partial charge in [-0.25, -0.2) is 26.3 Å². The van der Waals surface area contributed by atoms with Gasteiger partial charge in [-0.2, -0.15) is 0 Å². The van der Waals surface area contributed by atoms with E-state index in [0.29, 0.717) is 12.1 Å². The van der Waals surface area contributed by atoms with Gasteiger partial charge in [-0.3, -0.25) is 0 Å². The molecule has 3 aromatic rings. The zero-order valence-corrected chi connectivity index (χ0v) is 15.7. The molecular formula is C21H15BF6O. The van der Waals surface area contributed by atoms with E-state index < -0.39 is 47.1 Å². The molecule has 0 N–H and O–H groups in total. The molecule has 29 heavy (non-hydrogen) atoms. The molecule has 0 atom stereocenters. The van der Waals surface area contributed by atoms with Crippen molar-refractivity contribution in [2.75, 3.05) is 7.11 Å². The Morgan fingerprint density at radius 3 is 1.59 bits per heavy atom. The van der Waals surface area contributed by atoms with Gasteiger partial charge in [-0.1, -0.05) is 12.1 Å². The average molecular weight is 408 g/mol. The molecule has 0 aromatic heterocycles. The van der Waals surface area contributed by atoms with Crippen LogP contribution < -0.4 is 21.1 Å². The van der Waals surface area contributed by atoms with Crippen LogP contribution in [0.5, 0.6) is 5.75 Å². The Morgan fingerprint density at radius 1 is 0.655 bits per heavy atom. The van der Waals surface area contributed by atoms with E-state index in [1.54, 1.807) is 0 Å². The summed E-state index contributed by atoms with van der Waals surface area (Å²) in [4.78, 5) is 0. The zero-order chi connectivity index (χ0) is 21.5. The van der Waals surface area contributed by atoms with Gasteiger partial charge in [0, 0.05) is 17.6 Å². The Balaban J connectivity index is 2.42. The van der Waals surface area contributed by atoms with Crippen LogP contribution in [0.2, 0.25) is 0 Å². The first-order valence-electron chi connectivity index (χ1n) is 8.58. The molecule has 0 saturated carbocycles. The molecule has 0 fully saturated rings. The van der Waals surface area contributed by atoms with Crippen molar-refractivity contribution in [2.24, 2.45) is 0 Å². The van der Waals surface area contributed by atoms with Crippen molar-refractivity contribution in [3.63, 3.8) is 0 Å². The summed E-state index contributed by atoms with van der Waals surface area (Å²) in [5.41, 5.74) is -1.43. The quantitative estimate of drug-likeness (QED) is 0.473. The maximum atomic E-state index is 15.0. The third kappa shape index (κ3) is 3.71. The van der Waals surface area contributed by atoms with Gasteiger partial charge >= 0.3 is 0 Å². The Kier molecular flexibility index (Phi) is 5.64. The predicted molar refractivity (Wildman–Crippen MR) is 99.8 cm³/mol. The number of rotatable bonds is 4. The molecule has 0 bridgehead atoms. The number of benzene rings is 3. The van der Waals surface area contributed by atoms with Crippen LogP contribution in [-0.4, -0.2) is 13.8 Å². The second-order valence-electron chi connectivity index (χ2n) is 6.66. The van der Waals surface area contributed by atoms with E-state index in [1.165, 1.54) is 13.8 Å². The molecule has 0 aliphatic heterocycles. The van der Waals surface area contributed by atoms with Crippen LogP contribution in [0.4, 0.5) is 26.3 Å². The fraction of sp³-hybridized carbons (Fsp3) is 0.143. The van der Waals surface area contributed by atoms with Crippen LogP contribution >= 0.6 is 0 Å². The van der Waals surface area contributed by atoms with Crippen LogP contribution in [0.25, 0.3) is 0 Å². The highest BCUT2D eigenvalue weighted by atomic mass is 19.2. The van der Waals surface area contributed by atoms with E-state index in [-0.39, 0.29) is 27.8 Å². The third-order valence-electron chi connectivity index (χ3n) is 4.78. The van der Waals surface area contributed by atoms with Crippen molar-refractivity contribution in [1.82, 2.24) is 0 Å². The van der Waals surface area contributed by atoms with Gasteiger partial charge in [0.15, 0.2) is 11.6 Å². The summed E-state index contributed by atoms with van der Waals surface area (Å²) in [6.45, 7) is 1.02. The molecule has 0 spiro atoms. The second kappa shape index (κ2) is 7.85. The normalized spacial score (nSPS) is 10.9. The Hall–Kier alpha value is -2.90. The van der Waals surface area contributed by atoms with Crippen molar-refractivity contribution in [3.8, 4) is 5.75 Å². The van der Waals surface area contributed by atoms with Gasteiger partial charge in [0.1, 0.15) is 29.1 Å². The lowest BCUT2D eigenvalue weighted by Crippen LogP contribution is -2.57. The highest BCUT2D eigenvalue weighted by Gasteiger charge is 2.35. The van der Waals surface area contributed by atoms with Crippen LogP contribution in [-0.2, 0) is 0 Å². The SMILES string of the molecule is COc1ccc(F)c(B(c2cc(C)c(F)cc2F)c2cc(C)c(F)cc2F)c1F. The second-order valence-corrected chi connectivity index (χ2v) is 6.66. The lowest BCUT2D eigenvalue weighted by molar-refractivity contribution is 0.386. The Labute approximate surface area is 164 Å². The molecule has 0 saturated heterocycles. The van der Waals surface area contributed by atoms with Crippen LogP contribution in [0, 0.1) is 48.8 Å². The molecule has 1 nitrogen and oxygen atoms in total. The van der Waals surface area contributed by atoms with E-state index >= 15 is 4.39 Å². The summed E-state index contributed by atoms with van der Waals surface area (Å²) in [5, 5.41) is 0. The van der Waals surface area contributed by atoms with Gasteiger partial charge < -0.3 is 4.74 Å². The van der Waals surface area contributed by atoms with Crippen molar-refractivity contribution in [3.05, 3.63) is 82.4 Å². The molecule has 0 amide bonds. The summed E-state index contributed by atoms with van der Waals surface area (Å²) in [5.74, 6) is -6.58. The van der Waals surface area contributed by atoms with Crippen LogP contribution in [0.1, 0.15) is 11.1 Å². The highest BCUT2D eigenvalue weighted by Crippen LogP contribution is 2.18. The van der Waals surface area contributed by atoms with E-state index in [1.807, 2.05) is 0 Å². The Morgan fingerprint density at radius 2 is 1.14 bits per heavy atom. The summed E-state index contributed by atoms with van der Waals surface area (Å²) >= 11 is 0. The van der Waals surface area contributed by atoms with Gasteiger partial charge in [-0.05, 0) is 48.0 Å². The first-order valence-corrected chi connectivity index (χ1v) is 8.58. The largest absolute Gasteiger partial charge is 0.494 e. The van der Waals surface area contributed by atoms with Crippen LogP contribution in [0.15, 0.2) is 36.4 Å². The van der Waals surface area contributed by atoms with Crippen LogP contribution in [0.3, 0.4) is 0 Å². The monoisotopic (exact) mass is 408 g/mol. The first kappa shape index (κ1) is 20.8. The van der Waals surface area contributed by atoms with Crippen molar-refractivity contribution in [1.29, 1.82) is 0 Å². The first-order chi connectivity index (χ1) is 13.6. The summed E-state index contributed by atoms with van der Waals surface area (Å²) in [7, 11) is 1.15. The Bertz CT molecular complexity index is 1040. The minimum Gasteiger partial charge on any atom is -0.494 e. The molecule has 3 rings (SSSR count). The molecule has 0 heterocycles. The number of halogens is 6. The maximum absolute atomic E-state index is 15.0. The van der Waals surface area contributed by atoms with E-state index in [4.69, 9.17) is 4.74 Å². The lowest BCUT2D eigenvalue weighted by Gasteiger charge is -2.20. The number of hydrogen-bond donors (Lipinski definition) is 0. The minimum atomic E-state index is -1.65. The summed E-state index contributed by atoms with van der Waals surface area (Å²) < 4.78 is 91.5. The number of ether oxygens (including phenoxy) is 1. The smallest absolute Gasteiger partial charge is 0.256 e. The molecule has 0 aliphatic rings. The van der Waals surface area contributed by atoms with E-state index in [2.05, 4.69) is 0 Å². The van der Waals surface area contributed by atoms with Crippen molar-refractivity contribution < 1.29 is 31.1 Å². The summed E-state index contributed by atoms with van der Waals surface area (Å²) in [6, 6.07) is 5.14. The standard InChI is InChI=1S/C21H15BF6O/c1-10-6-12(17(26)8-15(10)24)22(13-7-11(2)16(25)9-18(13)27)20-14(23)4-5-19(29-3)21(20)28/h4-9H,1-3H3. The average Bonchev–Trinajstić information content (AvgIpc) is 2.65. The molecule has 8 heteroatoms. The maximum Gasteiger partial charge on any atom is 0.256 e. The number of hydrogen-bond acceptors (Lipinski definition) is 1. The van der Waals surface area contributed by atoms with Gasteiger partial charge in [0.2, 0.25) is 0 Å². The van der Waals surface area contributed by atoms with Gasteiger partial charge in [-0.15, -0.1) is 0 Å². The zero-order valence-electron chi connectivity index (χ0n) is 15.7. The molecule has 0 aliphatic carbocycles. The van der Waals surface area contributed by atoms with Crippen molar-refractivity contribution >= 4 is 23.1 Å². The fourth-order valence-corrected chi connectivity index (χ4v) is 3.25. The molecule has 150 valence electrons. The molecule has 0 radical (unpaired) electrons. The van der Waals surface area contributed by atoms with Gasteiger partial charge in [0.25, 0.3) is 6.71 Å². The lowest BCUT2D eigenvalue weighted by atomic mass is 9.36. The topological polar surface area (TPSA) is 9.23 Å². The summed E-state index contributed by atoms with van der Waals surface area (Å²) in [6.07, 6.45) is 0. The van der Waals surface area contributed by atoms with Gasteiger partial charge in [0.05, 0.1) is 7.11 Å².